The highest BCUT2D eigenvalue weighted by Gasteiger charge is 2.26. The van der Waals surface area contributed by atoms with Crippen molar-refractivity contribution < 1.29 is 0 Å². The summed E-state index contributed by atoms with van der Waals surface area (Å²) < 4.78 is 0. The summed E-state index contributed by atoms with van der Waals surface area (Å²) in [5.74, 6) is 2.21. The maximum atomic E-state index is 6.14. The third-order valence-corrected chi connectivity index (χ3v) is 5.62. The quantitative estimate of drug-likeness (QED) is 0.806. The second-order valence-electron chi connectivity index (χ2n) is 6.50. The highest BCUT2D eigenvalue weighted by Crippen LogP contribution is 2.32. The Balaban J connectivity index is 1.61. The van der Waals surface area contributed by atoms with Crippen LogP contribution in [0.2, 0.25) is 0 Å². The van der Waals surface area contributed by atoms with Gasteiger partial charge in [0.2, 0.25) is 0 Å². The third-order valence-electron chi connectivity index (χ3n) is 5.23. The predicted octanol–water partition coefficient (Wildman–Crippen LogP) is 4.49. The van der Waals surface area contributed by atoms with Gasteiger partial charge in [0.15, 0.2) is 0 Å². The van der Waals surface area contributed by atoms with Gasteiger partial charge in [-0.25, -0.2) is 0 Å². The summed E-state index contributed by atoms with van der Waals surface area (Å²) in [6, 6.07) is 9.67. The van der Waals surface area contributed by atoms with Gasteiger partial charge in [0, 0.05) is 18.5 Å². The lowest BCUT2D eigenvalue weighted by atomic mass is 9.81. The van der Waals surface area contributed by atoms with Gasteiger partial charge in [-0.2, -0.15) is 0 Å². The molecule has 2 heteroatoms. The molecule has 0 aliphatic heterocycles. The zero-order valence-corrected chi connectivity index (χ0v) is 13.0. The molecule has 2 aliphatic carbocycles. The molecule has 0 radical (unpaired) electrons. The number of aryl methyl sites for hydroxylation is 1. The van der Waals surface area contributed by atoms with E-state index in [0.717, 1.165) is 12.4 Å². The van der Waals surface area contributed by atoms with E-state index in [2.05, 4.69) is 29.6 Å². The van der Waals surface area contributed by atoms with Gasteiger partial charge < -0.3 is 5.32 Å². The molecule has 110 valence electrons. The summed E-state index contributed by atoms with van der Waals surface area (Å²) in [7, 11) is 0. The molecule has 0 spiro atoms. The first-order valence-electron chi connectivity index (χ1n) is 8.25. The fourth-order valence-corrected chi connectivity index (χ4v) is 4.39. The molecule has 1 aromatic carbocycles. The molecule has 0 bridgehead atoms. The van der Waals surface area contributed by atoms with Crippen molar-refractivity contribution in [3.05, 3.63) is 35.4 Å². The minimum Gasteiger partial charge on any atom is -0.313 e. The van der Waals surface area contributed by atoms with Gasteiger partial charge in [-0.3, -0.25) is 0 Å². The molecule has 1 nitrogen and oxygen atoms in total. The van der Waals surface area contributed by atoms with Crippen molar-refractivity contribution in [3.63, 3.8) is 0 Å². The lowest BCUT2D eigenvalue weighted by molar-refractivity contribution is 0.276. The monoisotopic (exact) mass is 291 g/mol. The van der Waals surface area contributed by atoms with Crippen LogP contribution in [0.5, 0.6) is 0 Å². The fourth-order valence-electron chi connectivity index (χ4n) is 4.02. The molecule has 0 saturated heterocycles. The number of benzene rings is 1. The highest BCUT2D eigenvalue weighted by molar-refractivity contribution is 6.18. The number of fused-ring (bicyclic) bond motifs is 1. The van der Waals surface area contributed by atoms with Crippen molar-refractivity contribution in [1.29, 1.82) is 0 Å². The van der Waals surface area contributed by atoms with Crippen LogP contribution in [0.4, 0.5) is 0 Å². The lowest BCUT2D eigenvalue weighted by Gasteiger charge is -2.33. The number of hydrogen-bond acceptors (Lipinski definition) is 1. The average Bonchev–Trinajstić information content (AvgIpc) is 2.53. The van der Waals surface area contributed by atoms with Crippen LogP contribution in [-0.4, -0.2) is 18.5 Å². The maximum absolute atomic E-state index is 6.14. The Hall–Kier alpha value is -0.530. The van der Waals surface area contributed by atoms with E-state index in [1.165, 1.54) is 44.9 Å². The summed E-state index contributed by atoms with van der Waals surface area (Å²) >= 11 is 6.14. The van der Waals surface area contributed by atoms with E-state index in [0.29, 0.717) is 17.9 Å². The molecule has 0 heterocycles. The average molecular weight is 292 g/mol. The molecule has 3 rings (SSSR count). The van der Waals surface area contributed by atoms with Gasteiger partial charge >= 0.3 is 0 Å². The Labute approximate surface area is 128 Å². The molecule has 0 aromatic heterocycles. The van der Waals surface area contributed by atoms with Crippen molar-refractivity contribution >= 4 is 11.6 Å². The molecule has 1 aromatic rings. The number of alkyl halides is 1. The topological polar surface area (TPSA) is 12.0 Å². The lowest BCUT2D eigenvalue weighted by Crippen LogP contribution is -2.41. The molecule has 20 heavy (non-hydrogen) atoms. The van der Waals surface area contributed by atoms with Crippen molar-refractivity contribution in [2.45, 2.75) is 56.9 Å². The Morgan fingerprint density at radius 2 is 1.90 bits per heavy atom. The van der Waals surface area contributed by atoms with Crippen molar-refractivity contribution in [2.24, 2.45) is 5.92 Å². The molecule has 1 fully saturated rings. The Morgan fingerprint density at radius 3 is 2.80 bits per heavy atom. The first-order valence-corrected chi connectivity index (χ1v) is 8.79. The van der Waals surface area contributed by atoms with E-state index >= 15 is 0 Å². The zero-order chi connectivity index (χ0) is 13.8. The first-order chi connectivity index (χ1) is 9.88. The standard InChI is InChI=1S/C18H26ClN/c19-12-15-7-2-4-11-18(15)20-13-16-9-5-8-14-6-1-3-10-17(14)16/h1,3,6,10,15-16,18,20H,2,4-5,7-9,11-13H2. The predicted molar refractivity (Wildman–Crippen MR) is 86.6 cm³/mol. The normalized spacial score (nSPS) is 29.9. The van der Waals surface area contributed by atoms with Crippen molar-refractivity contribution in [3.8, 4) is 0 Å². The number of halogens is 1. The smallest absolute Gasteiger partial charge is 0.0266 e. The summed E-state index contributed by atoms with van der Waals surface area (Å²) in [5, 5.41) is 3.85. The molecule has 0 amide bonds. The number of rotatable bonds is 4. The number of hydrogen-bond donors (Lipinski definition) is 1. The molecule has 2 aliphatic rings. The summed E-state index contributed by atoms with van der Waals surface area (Å²) in [5.41, 5.74) is 3.16. The molecule has 3 atom stereocenters. The van der Waals surface area contributed by atoms with Gasteiger partial charge in [-0.1, -0.05) is 37.1 Å². The van der Waals surface area contributed by atoms with Crippen LogP contribution in [0.25, 0.3) is 0 Å². The summed E-state index contributed by atoms with van der Waals surface area (Å²) in [4.78, 5) is 0. The maximum Gasteiger partial charge on any atom is 0.0266 e. The first kappa shape index (κ1) is 14.4. The van der Waals surface area contributed by atoms with Crippen molar-refractivity contribution in [1.82, 2.24) is 5.32 Å². The van der Waals surface area contributed by atoms with Crippen LogP contribution in [0.3, 0.4) is 0 Å². The van der Waals surface area contributed by atoms with Gasteiger partial charge in [-0.05, 0) is 55.1 Å². The summed E-state index contributed by atoms with van der Waals surface area (Å²) in [6.45, 7) is 1.13. The van der Waals surface area contributed by atoms with E-state index < -0.39 is 0 Å². The van der Waals surface area contributed by atoms with Crippen LogP contribution >= 0.6 is 11.6 Å². The minimum absolute atomic E-state index is 0.648. The van der Waals surface area contributed by atoms with Crippen molar-refractivity contribution in [2.75, 3.05) is 12.4 Å². The van der Waals surface area contributed by atoms with Crippen LogP contribution < -0.4 is 5.32 Å². The van der Waals surface area contributed by atoms with Gasteiger partial charge in [-0.15, -0.1) is 11.6 Å². The van der Waals surface area contributed by atoms with Crippen LogP contribution in [0, 0.1) is 5.92 Å². The molecular weight excluding hydrogens is 266 g/mol. The Kier molecular flexibility index (Phi) is 5.01. The van der Waals surface area contributed by atoms with E-state index in [4.69, 9.17) is 11.6 Å². The Bertz CT molecular complexity index is 431. The summed E-state index contributed by atoms with van der Waals surface area (Å²) in [6.07, 6.45) is 9.29. The third kappa shape index (κ3) is 3.20. The second kappa shape index (κ2) is 6.95. The number of nitrogens with one attached hydrogen (secondary N) is 1. The van der Waals surface area contributed by atoms with Crippen LogP contribution in [-0.2, 0) is 6.42 Å². The fraction of sp³-hybridized carbons (Fsp3) is 0.667. The Morgan fingerprint density at radius 1 is 1.05 bits per heavy atom. The largest absolute Gasteiger partial charge is 0.313 e. The van der Waals surface area contributed by atoms with E-state index in [-0.39, 0.29) is 0 Å². The second-order valence-corrected chi connectivity index (χ2v) is 6.81. The van der Waals surface area contributed by atoms with E-state index in [1.807, 2.05) is 0 Å². The molecule has 1 N–H and O–H groups in total. The van der Waals surface area contributed by atoms with E-state index in [1.54, 1.807) is 11.1 Å². The minimum atomic E-state index is 0.648. The highest BCUT2D eigenvalue weighted by atomic mass is 35.5. The van der Waals surface area contributed by atoms with Crippen LogP contribution in [0.1, 0.15) is 55.6 Å². The van der Waals surface area contributed by atoms with E-state index in [9.17, 15) is 0 Å². The zero-order valence-electron chi connectivity index (χ0n) is 12.3. The SMILES string of the molecule is ClCC1CCCCC1NCC1CCCc2ccccc21. The molecule has 1 saturated carbocycles. The van der Waals surface area contributed by atoms with Crippen LogP contribution in [0.15, 0.2) is 24.3 Å². The van der Waals surface area contributed by atoms with Gasteiger partial charge in [0.05, 0.1) is 0 Å². The molecule has 3 unspecified atom stereocenters. The van der Waals surface area contributed by atoms with Gasteiger partial charge in [0.25, 0.3) is 0 Å². The molecular formula is C18H26ClN. The van der Waals surface area contributed by atoms with Gasteiger partial charge in [0.1, 0.15) is 0 Å².